The van der Waals surface area contributed by atoms with Crippen LogP contribution in [0.25, 0.3) is 0 Å². The van der Waals surface area contributed by atoms with E-state index < -0.39 is 22.0 Å². The number of ether oxygens (including phenoxy) is 1. The first-order valence-corrected chi connectivity index (χ1v) is 12.0. The number of sulfonamides is 1. The van der Waals surface area contributed by atoms with Crippen molar-refractivity contribution >= 4 is 33.4 Å². The van der Waals surface area contributed by atoms with Crippen LogP contribution in [0.1, 0.15) is 43.6 Å². The summed E-state index contributed by atoms with van der Waals surface area (Å²) in [5.41, 5.74) is 1.82. The molecule has 0 radical (unpaired) electrons. The average Bonchev–Trinajstić information content (AvgIpc) is 2.73. The molecule has 0 fully saturated rings. The number of carbonyl (C=O) groups excluding carboxylic acids is 2. The highest BCUT2D eigenvalue weighted by atomic mass is 32.2. The smallest absolute Gasteiger partial charge is 0.411 e. The zero-order valence-corrected chi connectivity index (χ0v) is 20.0. The highest BCUT2D eigenvalue weighted by Gasteiger charge is 2.23. The summed E-state index contributed by atoms with van der Waals surface area (Å²) < 4.78 is 32.1. The lowest BCUT2D eigenvalue weighted by molar-refractivity contribution is 0.102. The molecule has 0 spiro atoms. The molecule has 2 rings (SSSR count). The molecule has 2 aromatic carbocycles. The fourth-order valence-electron chi connectivity index (χ4n) is 2.99. The van der Waals surface area contributed by atoms with Crippen molar-refractivity contribution in [2.24, 2.45) is 5.92 Å². The largest absolute Gasteiger partial charge is 0.449 e. The molecule has 32 heavy (non-hydrogen) atoms. The van der Waals surface area contributed by atoms with E-state index in [1.165, 1.54) is 16.4 Å². The van der Waals surface area contributed by atoms with Crippen LogP contribution in [0.5, 0.6) is 0 Å². The van der Waals surface area contributed by atoms with E-state index in [9.17, 15) is 18.0 Å². The maximum Gasteiger partial charge on any atom is 0.411 e. The van der Waals surface area contributed by atoms with Gasteiger partial charge in [0, 0.05) is 30.0 Å². The highest BCUT2D eigenvalue weighted by molar-refractivity contribution is 7.89. The van der Waals surface area contributed by atoms with Gasteiger partial charge in [-0.15, -0.1) is 0 Å². The molecule has 0 aliphatic carbocycles. The van der Waals surface area contributed by atoms with Gasteiger partial charge < -0.3 is 10.1 Å². The Morgan fingerprint density at radius 3 is 2.22 bits per heavy atom. The van der Waals surface area contributed by atoms with Gasteiger partial charge in [-0.1, -0.05) is 39.8 Å². The second-order valence-electron chi connectivity index (χ2n) is 7.72. The van der Waals surface area contributed by atoms with Gasteiger partial charge in [0.15, 0.2) is 0 Å². The lowest BCUT2D eigenvalue weighted by Crippen LogP contribution is -2.30. The van der Waals surface area contributed by atoms with Crippen molar-refractivity contribution in [3.05, 3.63) is 53.6 Å². The molecule has 0 atom stereocenters. The maximum atomic E-state index is 12.9. The van der Waals surface area contributed by atoms with Gasteiger partial charge in [0.2, 0.25) is 10.0 Å². The number of anilines is 2. The third-order valence-corrected chi connectivity index (χ3v) is 6.76. The molecule has 0 saturated heterocycles. The first-order valence-electron chi connectivity index (χ1n) is 10.5. The summed E-state index contributed by atoms with van der Waals surface area (Å²) in [5, 5.41) is 5.38. The van der Waals surface area contributed by atoms with E-state index in [0.717, 1.165) is 0 Å². The Morgan fingerprint density at radius 1 is 1.00 bits per heavy atom. The molecule has 0 aliphatic rings. The molecular weight excluding hydrogens is 430 g/mol. The predicted molar refractivity (Wildman–Crippen MR) is 125 cm³/mol. The van der Waals surface area contributed by atoms with Crippen molar-refractivity contribution in [1.82, 2.24) is 4.31 Å². The number of carbonyl (C=O) groups is 2. The molecule has 2 aromatic rings. The zero-order valence-electron chi connectivity index (χ0n) is 19.1. The molecule has 0 heterocycles. The van der Waals surface area contributed by atoms with E-state index >= 15 is 0 Å². The lowest BCUT2D eigenvalue weighted by atomic mass is 10.1. The summed E-state index contributed by atoms with van der Waals surface area (Å²) in [6.07, 6.45) is -0.577. The quantitative estimate of drug-likeness (QED) is 0.573. The Balaban J connectivity index is 2.20. The molecule has 0 aliphatic heterocycles. The number of amides is 2. The van der Waals surface area contributed by atoms with Crippen LogP contribution in [0, 0.1) is 12.8 Å². The minimum absolute atomic E-state index is 0.0697. The van der Waals surface area contributed by atoms with Crippen molar-refractivity contribution in [3.63, 3.8) is 0 Å². The SMILES string of the molecule is CCN(CC)S(=O)(=O)c1ccc(C)c(C(=O)Nc2cccc(NC(=O)OCC(C)C)c2)c1. The normalized spacial score (nSPS) is 11.5. The van der Waals surface area contributed by atoms with Crippen molar-refractivity contribution in [2.45, 2.75) is 39.5 Å². The molecule has 9 heteroatoms. The summed E-state index contributed by atoms with van der Waals surface area (Å²) in [6, 6.07) is 11.1. The van der Waals surface area contributed by atoms with E-state index in [1.54, 1.807) is 51.1 Å². The summed E-state index contributed by atoms with van der Waals surface area (Å²) in [4.78, 5) is 24.8. The molecule has 8 nitrogen and oxygen atoms in total. The zero-order chi connectivity index (χ0) is 23.9. The summed E-state index contributed by atoms with van der Waals surface area (Å²) >= 11 is 0. The third kappa shape index (κ3) is 6.54. The molecule has 2 N–H and O–H groups in total. The molecule has 0 aromatic heterocycles. The number of hydrogen-bond acceptors (Lipinski definition) is 5. The van der Waals surface area contributed by atoms with Crippen LogP contribution in [0.15, 0.2) is 47.4 Å². The van der Waals surface area contributed by atoms with E-state index in [-0.39, 0.29) is 16.4 Å². The fraction of sp³-hybridized carbons (Fsp3) is 0.391. The number of hydrogen-bond donors (Lipinski definition) is 2. The van der Waals surface area contributed by atoms with E-state index in [2.05, 4.69) is 10.6 Å². The van der Waals surface area contributed by atoms with Crippen LogP contribution >= 0.6 is 0 Å². The standard InChI is InChI=1S/C23H31N3O5S/c1-6-26(7-2)32(29,30)20-12-11-17(5)21(14-20)22(27)24-18-9-8-10-19(13-18)25-23(28)31-15-16(3)4/h8-14,16H,6-7,15H2,1-5H3,(H,24,27)(H,25,28). The van der Waals surface area contributed by atoms with E-state index in [0.29, 0.717) is 36.6 Å². The van der Waals surface area contributed by atoms with Crippen molar-refractivity contribution in [3.8, 4) is 0 Å². The number of aryl methyl sites for hydroxylation is 1. The second kappa shape index (κ2) is 11.1. The number of nitrogens with one attached hydrogen (secondary N) is 2. The summed E-state index contributed by atoms with van der Waals surface area (Å²) in [7, 11) is -3.69. The van der Waals surface area contributed by atoms with Gasteiger partial charge in [-0.3, -0.25) is 10.1 Å². The Labute approximate surface area is 190 Å². The van der Waals surface area contributed by atoms with Gasteiger partial charge in [0.25, 0.3) is 5.91 Å². The topological polar surface area (TPSA) is 105 Å². The van der Waals surface area contributed by atoms with Gasteiger partial charge in [-0.05, 0) is 48.7 Å². The molecule has 0 saturated carbocycles. The van der Waals surface area contributed by atoms with Gasteiger partial charge in [0.1, 0.15) is 0 Å². The Kier molecular flexibility index (Phi) is 8.80. The number of rotatable bonds is 9. The van der Waals surface area contributed by atoms with Crippen LogP contribution in [-0.4, -0.2) is 44.4 Å². The third-order valence-electron chi connectivity index (χ3n) is 4.71. The van der Waals surface area contributed by atoms with Crippen LogP contribution in [-0.2, 0) is 14.8 Å². The minimum Gasteiger partial charge on any atom is -0.449 e. The Bertz CT molecular complexity index is 1060. The maximum absolute atomic E-state index is 12.9. The van der Waals surface area contributed by atoms with Gasteiger partial charge in [-0.25, -0.2) is 13.2 Å². The first-order chi connectivity index (χ1) is 15.1. The Hall–Kier alpha value is -2.91. The molecule has 2 amide bonds. The van der Waals surface area contributed by atoms with Crippen LogP contribution in [0.2, 0.25) is 0 Å². The first kappa shape index (κ1) is 25.4. The second-order valence-corrected chi connectivity index (χ2v) is 9.66. The lowest BCUT2D eigenvalue weighted by Gasteiger charge is -2.19. The summed E-state index contributed by atoms with van der Waals surface area (Å²) in [5.74, 6) is -0.227. The van der Waals surface area contributed by atoms with Crippen LogP contribution in [0.3, 0.4) is 0 Å². The van der Waals surface area contributed by atoms with Crippen molar-refractivity contribution in [2.75, 3.05) is 30.3 Å². The predicted octanol–water partition coefficient (Wildman–Crippen LogP) is 4.48. The van der Waals surface area contributed by atoms with Gasteiger partial charge >= 0.3 is 6.09 Å². The van der Waals surface area contributed by atoms with Crippen molar-refractivity contribution < 1.29 is 22.7 Å². The van der Waals surface area contributed by atoms with Crippen molar-refractivity contribution in [1.29, 1.82) is 0 Å². The van der Waals surface area contributed by atoms with Gasteiger partial charge in [-0.2, -0.15) is 4.31 Å². The van der Waals surface area contributed by atoms with Crippen LogP contribution in [0.4, 0.5) is 16.2 Å². The van der Waals surface area contributed by atoms with E-state index in [4.69, 9.17) is 4.74 Å². The van der Waals surface area contributed by atoms with Gasteiger partial charge in [0.05, 0.1) is 11.5 Å². The molecule has 0 bridgehead atoms. The number of nitrogens with zero attached hydrogens (tertiary/aromatic N) is 1. The van der Waals surface area contributed by atoms with Crippen LogP contribution < -0.4 is 10.6 Å². The number of benzene rings is 2. The average molecular weight is 462 g/mol. The minimum atomic E-state index is -3.69. The monoisotopic (exact) mass is 461 g/mol. The van der Waals surface area contributed by atoms with E-state index in [1.807, 2.05) is 13.8 Å². The highest BCUT2D eigenvalue weighted by Crippen LogP contribution is 2.22. The Morgan fingerprint density at radius 2 is 1.62 bits per heavy atom. The molecule has 0 unspecified atom stereocenters. The fourth-order valence-corrected chi connectivity index (χ4v) is 4.47. The summed E-state index contributed by atoms with van der Waals surface area (Å²) in [6.45, 7) is 10.1. The molecule has 174 valence electrons. The molecular formula is C23H31N3O5S.